The number of urea groups is 1. The number of benzene rings is 1. The Morgan fingerprint density at radius 3 is 2.33 bits per heavy atom. The molecule has 1 aromatic carbocycles. The molecule has 2 saturated heterocycles. The molecule has 4 N–H and O–H groups in total. The van der Waals surface area contributed by atoms with Gasteiger partial charge in [0.1, 0.15) is 0 Å². The summed E-state index contributed by atoms with van der Waals surface area (Å²) in [6, 6.07) is 7.98. The van der Waals surface area contributed by atoms with Crippen molar-refractivity contribution < 1.29 is 24.3 Å². The van der Waals surface area contributed by atoms with Gasteiger partial charge in [0.15, 0.2) is 6.04 Å². The average Bonchev–Trinajstić information content (AvgIpc) is 2.80. The Hall–Kier alpha value is -3.56. The SMILES string of the molecule is C=C(N)NCCCC1C(=O)N(C(=O)N2CCN(C(=O)CCc3ccccc3)CC2)C1C(=O)O. The average molecular weight is 458 g/mol. The maximum Gasteiger partial charge on any atom is 0.327 e. The van der Waals surface area contributed by atoms with E-state index in [1.807, 2.05) is 30.3 Å². The van der Waals surface area contributed by atoms with Gasteiger partial charge in [0.05, 0.1) is 11.7 Å². The van der Waals surface area contributed by atoms with Crippen molar-refractivity contribution in [2.45, 2.75) is 31.7 Å². The van der Waals surface area contributed by atoms with E-state index in [2.05, 4.69) is 11.9 Å². The first-order valence-corrected chi connectivity index (χ1v) is 11.1. The number of hydrogen-bond acceptors (Lipinski definition) is 6. The van der Waals surface area contributed by atoms with Crippen LogP contribution in [-0.2, 0) is 20.8 Å². The van der Waals surface area contributed by atoms with Gasteiger partial charge in [0.25, 0.3) is 0 Å². The molecule has 2 aliphatic heterocycles. The molecule has 10 heteroatoms. The molecule has 0 aliphatic carbocycles. The van der Waals surface area contributed by atoms with E-state index in [9.17, 15) is 24.3 Å². The molecule has 178 valence electrons. The quantitative estimate of drug-likeness (QED) is 0.365. The summed E-state index contributed by atoms with van der Waals surface area (Å²) in [6.45, 7) is 5.23. The minimum atomic E-state index is -1.20. The molecule has 2 fully saturated rings. The van der Waals surface area contributed by atoms with E-state index < -0.39 is 29.9 Å². The smallest absolute Gasteiger partial charge is 0.327 e. The van der Waals surface area contributed by atoms with Gasteiger partial charge in [-0.25, -0.2) is 14.5 Å². The van der Waals surface area contributed by atoms with Crippen molar-refractivity contribution in [3.05, 3.63) is 48.3 Å². The molecule has 0 aromatic heterocycles. The van der Waals surface area contributed by atoms with E-state index in [1.165, 1.54) is 4.90 Å². The molecule has 2 atom stereocenters. The standard InChI is InChI=1S/C23H31N5O5/c1-16(24)25-11-5-8-18-20(22(31)32)28(21(18)30)23(33)27-14-12-26(13-15-27)19(29)10-9-17-6-3-2-4-7-17/h2-4,6-7,18,20,25H,1,5,8-15,24H2,(H,31,32). The summed E-state index contributed by atoms with van der Waals surface area (Å²) < 4.78 is 0. The molecule has 2 heterocycles. The largest absolute Gasteiger partial charge is 0.480 e. The van der Waals surface area contributed by atoms with Crippen LogP contribution in [0.2, 0.25) is 0 Å². The number of likely N-dealkylation sites (tertiary alicyclic amines) is 1. The van der Waals surface area contributed by atoms with Gasteiger partial charge >= 0.3 is 12.0 Å². The number of piperazine rings is 1. The summed E-state index contributed by atoms with van der Waals surface area (Å²) in [7, 11) is 0. The highest BCUT2D eigenvalue weighted by atomic mass is 16.4. The highest BCUT2D eigenvalue weighted by Gasteiger charge is 2.55. The Morgan fingerprint density at radius 1 is 1.09 bits per heavy atom. The zero-order chi connectivity index (χ0) is 24.0. The zero-order valence-electron chi connectivity index (χ0n) is 18.6. The second kappa shape index (κ2) is 10.8. The third kappa shape index (κ3) is 5.82. The van der Waals surface area contributed by atoms with Crippen LogP contribution in [0.1, 0.15) is 24.8 Å². The third-order valence-electron chi connectivity index (χ3n) is 6.09. The lowest BCUT2D eigenvalue weighted by molar-refractivity contribution is -0.167. The number of aliphatic carboxylic acids is 1. The number of nitrogens with zero attached hydrogens (tertiary/aromatic N) is 3. The fourth-order valence-electron chi connectivity index (χ4n) is 4.25. The number of nitrogens with two attached hydrogens (primary N) is 1. The second-order valence-electron chi connectivity index (χ2n) is 8.33. The van der Waals surface area contributed by atoms with Gasteiger partial charge in [-0.15, -0.1) is 0 Å². The van der Waals surface area contributed by atoms with Gasteiger partial charge < -0.3 is 26.0 Å². The van der Waals surface area contributed by atoms with Gasteiger partial charge in [-0.3, -0.25) is 9.59 Å². The van der Waals surface area contributed by atoms with Crippen LogP contribution in [0, 0.1) is 5.92 Å². The predicted octanol–water partition coefficient (Wildman–Crippen LogP) is 0.595. The number of carboxylic acids is 1. The summed E-state index contributed by atoms with van der Waals surface area (Å²) in [4.78, 5) is 53.7. The van der Waals surface area contributed by atoms with Crippen LogP contribution in [0.4, 0.5) is 4.79 Å². The number of carbonyl (C=O) groups excluding carboxylic acids is 3. The maximum absolute atomic E-state index is 12.9. The molecule has 0 bridgehead atoms. The molecule has 0 radical (unpaired) electrons. The van der Waals surface area contributed by atoms with Crippen LogP contribution in [-0.4, -0.2) is 82.4 Å². The van der Waals surface area contributed by atoms with E-state index in [0.29, 0.717) is 51.1 Å². The lowest BCUT2D eigenvalue weighted by Crippen LogP contribution is -2.69. The highest BCUT2D eigenvalue weighted by Crippen LogP contribution is 2.32. The summed E-state index contributed by atoms with van der Waals surface area (Å²) >= 11 is 0. The fourth-order valence-corrected chi connectivity index (χ4v) is 4.25. The van der Waals surface area contributed by atoms with Gasteiger partial charge in [-0.05, 0) is 24.8 Å². The normalized spacial score (nSPS) is 20.2. The molecular weight excluding hydrogens is 426 g/mol. The third-order valence-corrected chi connectivity index (χ3v) is 6.09. The van der Waals surface area contributed by atoms with Crippen molar-refractivity contribution in [3.8, 4) is 0 Å². The van der Waals surface area contributed by atoms with Crippen LogP contribution >= 0.6 is 0 Å². The summed E-state index contributed by atoms with van der Waals surface area (Å²) in [5.74, 6) is -2.08. The van der Waals surface area contributed by atoms with Crippen molar-refractivity contribution in [1.29, 1.82) is 0 Å². The molecule has 4 amide bonds. The molecule has 3 rings (SSSR count). The Morgan fingerprint density at radius 2 is 1.73 bits per heavy atom. The number of amides is 4. The minimum absolute atomic E-state index is 0.0169. The summed E-state index contributed by atoms with van der Waals surface area (Å²) in [6.07, 6.45) is 1.90. The fraction of sp³-hybridized carbons (Fsp3) is 0.478. The van der Waals surface area contributed by atoms with Crippen LogP contribution < -0.4 is 11.1 Å². The van der Waals surface area contributed by atoms with E-state index in [1.54, 1.807) is 4.90 Å². The lowest BCUT2D eigenvalue weighted by Gasteiger charge is -2.46. The zero-order valence-corrected chi connectivity index (χ0v) is 18.6. The number of hydrogen-bond donors (Lipinski definition) is 3. The van der Waals surface area contributed by atoms with E-state index in [-0.39, 0.29) is 19.0 Å². The second-order valence-corrected chi connectivity index (χ2v) is 8.33. The van der Waals surface area contributed by atoms with E-state index >= 15 is 0 Å². The Bertz CT molecular complexity index is 898. The van der Waals surface area contributed by atoms with Gasteiger partial charge in [0.2, 0.25) is 11.8 Å². The van der Waals surface area contributed by atoms with Crippen molar-refractivity contribution in [3.63, 3.8) is 0 Å². The first kappa shape index (κ1) is 24.1. The van der Waals surface area contributed by atoms with Crippen molar-refractivity contribution in [1.82, 2.24) is 20.0 Å². The minimum Gasteiger partial charge on any atom is -0.480 e. The van der Waals surface area contributed by atoms with Crippen LogP contribution in [0.25, 0.3) is 0 Å². The van der Waals surface area contributed by atoms with Gasteiger partial charge in [0, 0.05) is 39.1 Å². The number of carbonyl (C=O) groups is 4. The van der Waals surface area contributed by atoms with Crippen LogP contribution in [0.5, 0.6) is 0 Å². The number of imide groups is 1. The van der Waals surface area contributed by atoms with Crippen molar-refractivity contribution in [2.24, 2.45) is 11.7 Å². The molecule has 0 saturated carbocycles. The Kier molecular flexibility index (Phi) is 7.92. The van der Waals surface area contributed by atoms with Crippen LogP contribution in [0.15, 0.2) is 42.7 Å². The molecule has 33 heavy (non-hydrogen) atoms. The molecular formula is C23H31N5O5. The Labute approximate surface area is 193 Å². The maximum atomic E-state index is 12.9. The first-order chi connectivity index (χ1) is 15.8. The van der Waals surface area contributed by atoms with E-state index in [0.717, 1.165) is 10.5 Å². The molecule has 10 nitrogen and oxygen atoms in total. The van der Waals surface area contributed by atoms with Gasteiger partial charge in [-0.1, -0.05) is 36.9 Å². The number of rotatable bonds is 9. The first-order valence-electron chi connectivity index (χ1n) is 11.1. The number of carboxylic acid groups (broad SMARTS) is 1. The lowest BCUT2D eigenvalue weighted by atomic mass is 9.83. The molecule has 0 spiro atoms. The molecule has 2 aliphatic rings. The molecule has 1 aromatic rings. The number of β-lactam (4-membered cyclic amide) rings is 1. The molecule has 2 unspecified atom stereocenters. The van der Waals surface area contributed by atoms with Crippen molar-refractivity contribution in [2.75, 3.05) is 32.7 Å². The predicted molar refractivity (Wildman–Crippen MR) is 121 cm³/mol. The number of nitrogens with one attached hydrogen (secondary N) is 1. The highest BCUT2D eigenvalue weighted by molar-refractivity contribution is 6.07. The van der Waals surface area contributed by atoms with Crippen molar-refractivity contribution >= 4 is 23.8 Å². The monoisotopic (exact) mass is 457 g/mol. The number of aryl methyl sites for hydroxylation is 1. The van der Waals surface area contributed by atoms with Gasteiger partial charge in [-0.2, -0.15) is 0 Å². The summed E-state index contributed by atoms with van der Waals surface area (Å²) in [5, 5.41) is 12.4. The summed E-state index contributed by atoms with van der Waals surface area (Å²) in [5.41, 5.74) is 6.52. The van der Waals surface area contributed by atoms with Crippen LogP contribution in [0.3, 0.4) is 0 Å². The van der Waals surface area contributed by atoms with E-state index in [4.69, 9.17) is 5.73 Å². The Balaban J connectivity index is 1.48. The topological polar surface area (TPSA) is 136 Å².